The maximum absolute atomic E-state index is 11.1. The highest BCUT2D eigenvalue weighted by Gasteiger charge is 2.20. The summed E-state index contributed by atoms with van der Waals surface area (Å²) in [6, 6.07) is 0.417. The van der Waals surface area contributed by atoms with Gasteiger partial charge in [0.2, 0.25) is 5.91 Å². The van der Waals surface area contributed by atoms with Crippen molar-refractivity contribution in [2.24, 2.45) is 5.92 Å². The first-order valence-electron chi connectivity index (χ1n) is 5.34. The Balaban J connectivity index is 2.30. The maximum atomic E-state index is 11.1. The summed E-state index contributed by atoms with van der Waals surface area (Å²) in [7, 11) is 1.90. The molecule has 0 saturated heterocycles. The second-order valence-electron chi connectivity index (χ2n) is 4.37. The summed E-state index contributed by atoms with van der Waals surface area (Å²) >= 11 is 0. The van der Waals surface area contributed by atoms with E-state index in [9.17, 15) is 4.79 Å². The van der Waals surface area contributed by atoms with E-state index in [1.54, 1.807) is 6.92 Å². The molecule has 0 bridgehead atoms. The van der Waals surface area contributed by atoms with Crippen LogP contribution < -0.4 is 0 Å². The Kier molecular flexibility index (Phi) is 3.76. The van der Waals surface area contributed by atoms with Gasteiger partial charge in [0.05, 0.1) is 0 Å². The Morgan fingerprint density at radius 3 is 2.46 bits per heavy atom. The zero-order chi connectivity index (χ0) is 9.84. The van der Waals surface area contributed by atoms with Crippen LogP contribution in [0.4, 0.5) is 0 Å². The summed E-state index contributed by atoms with van der Waals surface area (Å²) in [6.45, 7) is 3.80. The van der Waals surface area contributed by atoms with Crippen molar-refractivity contribution in [2.45, 2.75) is 52.0 Å². The van der Waals surface area contributed by atoms with Crippen LogP contribution in [-0.2, 0) is 4.79 Å². The van der Waals surface area contributed by atoms with Gasteiger partial charge in [0, 0.05) is 20.0 Å². The monoisotopic (exact) mass is 183 g/mol. The van der Waals surface area contributed by atoms with Gasteiger partial charge in [-0.2, -0.15) is 0 Å². The van der Waals surface area contributed by atoms with Crippen molar-refractivity contribution in [1.29, 1.82) is 0 Å². The van der Waals surface area contributed by atoms with Gasteiger partial charge in [-0.05, 0) is 19.3 Å². The molecule has 1 unspecified atom stereocenters. The molecule has 1 rings (SSSR count). The van der Waals surface area contributed by atoms with Crippen LogP contribution in [-0.4, -0.2) is 23.9 Å². The van der Waals surface area contributed by atoms with Gasteiger partial charge < -0.3 is 4.90 Å². The number of nitrogens with zero attached hydrogens (tertiary/aromatic N) is 1. The van der Waals surface area contributed by atoms with Crippen molar-refractivity contribution in [3.63, 3.8) is 0 Å². The second kappa shape index (κ2) is 4.64. The molecule has 0 spiro atoms. The Morgan fingerprint density at radius 1 is 1.46 bits per heavy atom. The number of carbonyl (C=O) groups is 1. The zero-order valence-corrected chi connectivity index (χ0v) is 9.05. The Labute approximate surface area is 81.3 Å². The van der Waals surface area contributed by atoms with E-state index in [0.717, 1.165) is 5.92 Å². The molecule has 2 heteroatoms. The molecular weight excluding hydrogens is 162 g/mol. The van der Waals surface area contributed by atoms with Crippen molar-refractivity contribution in [1.82, 2.24) is 4.90 Å². The Hall–Kier alpha value is -0.530. The third-order valence-corrected chi connectivity index (χ3v) is 3.31. The van der Waals surface area contributed by atoms with Crippen molar-refractivity contribution < 1.29 is 4.79 Å². The predicted octanol–water partition coefficient (Wildman–Crippen LogP) is 2.43. The lowest BCUT2D eigenvalue weighted by atomic mass is 9.99. The number of amides is 1. The third-order valence-electron chi connectivity index (χ3n) is 3.31. The van der Waals surface area contributed by atoms with Crippen LogP contribution in [0.3, 0.4) is 0 Å². The molecule has 0 aromatic rings. The molecule has 1 aliphatic rings. The molecule has 0 N–H and O–H groups in total. The van der Waals surface area contributed by atoms with Crippen molar-refractivity contribution in [3.05, 3.63) is 0 Å². The van der Waals surface area contributed by atoms with E-state index in [-0.39, 0.29) is 5.91 Å². The first kappa shape index (κ1) is 10.6. The van der Waals surface area contributed by atoms with E-state index >= 15 is 0 Å². The summed E-state index contributed by atoms with van der Waals surface area (Å²) in [5.74, 6) is 1.06. The van der Waals surface area contributed by atoms with Gasteiger partial charge >= 0.3 is 0 Å². The smallest absolute Gasteiger partial charge is 0.219 e. The largest absolute Gasteiger partial charge is 0.343 e. The van der Waals surface area contributed by atoms with Crippen molar-refractivity contribution >= 4 is 5.91 Å². The Bertz CT molecular complexity index is 173. The van der Waals surface area contributed by atoms with Gasteiger partial charge in [-0.25, -0.2) is 0 Å². The van der Waals surface area contributed by atoms with Gasteiger partial charge in [0.25, 0.3) is 0 Å². The normalized spacial score (nSPS) is 20.2. The summed E-state index contributed by atoms with van der Waals surface area (Å²) < 4.78 is 0. The molecule has 13 heavy (non-hydrogen) atoms. The Morgan fingerprint density at radius 2 is 2.00 bits per heavy atom. The zero-order valence-electron chi connectivity index (χ0n) is 9.05. The van der Waals surface area contributed by atoms with E-state index in [0.29, 0.717) is 6.04 Å². The standard InChI is InChI=1S/C11H21NO/c1-9(12(3)10(2)13)8-11-6-4-5-7-11/h9,11H,4-8H2,1-3H3. The van der Waals surface area contributed by atoms with Crippen LogP contribution >= 0.6 is 0 Å². The lowest BCUT2D eigenvalue weighted by Crippen LogP contribution is -2.34. The lowest BCUT2D eigenvalue weighted by Gasteiger charge is -2.25. The molecule has 0 aliphatic heterocycles. The lowest BCUT2D eigenvalue weighted by molar-refractivity contribution is -0.129. The third kappa shape index (κ3) is 3.02. The molecule has 0 heterocycles. The summed E-state index contributed by atoms with van der Waals surface area (Å²) in [6.07, 6.45) is 6.71. The highest BCUT2D eigenvalue weighted by molar-refractivity contribution is 5.73. The van der Waals surface area contributed by atoms with Crippen molar-refractivity contribution in [3.8, 4) is 0 Å². The molecule has 0 radical (unpaired) electrons. The highest BCUT2D eigenvalue weighted by Crippen LogP contribution is 2.29. The van der Waals surface area contributed by atoms with E-state index in [4.69, 9.17) is 0 Å². The molecule has 0 aromatic heterocycles. The predicted molar refractivity (Wildman–Crippen MR) is 54.5 cm³/mol. The van der Waals surface area contributed by atoms with Crippen LogP contribution in [0, 0.1) is 5.92 Å². The molecule has 1 atom stereocenters. The van der Waals surface area contributed by atoms with Gasteiger partial charge in [0.1, 0.15) is 0 Å². The molecule has 2 nitrogen and oxygen atoms in total. The fourth-order valence-corrected chi connectivity index (χ4v) is 2.20. The first-order valence-corrected chi connectivity index (χ1v) is 5.34. The van der Waals surface area contributed by atoms with Crippen LogP contribution in [0.25, 0.3) is 0 Å². The van der Waals surface area contributed by atoms with Gasteiger partial charge in [-0.1, -0.05) is 25.7 Å². The van der Waals surface area contributed by atoms with Crippen LogP contribution in [0.1, 0.15) is 46.0 Å². The highest BCUT2D eigenvalue weighted by atomic mass is 16.2. The molecule has 0 aromatic carbocycles. The van der Waals surface area contributed by atoms with Gasteiger partial charge in [-0.15, -0.1) is 0 Å². The van der Waals surface area contributed by atoms with E-state index in [2.05, 4.69) is 6.92 Å². The average molecular weight is 183 g/mol. The van der Waals surface area contributed by atoms with E-state index in [1.165, 1.54) is 32.1 Å². The number of hydrogen-bond acceptors (Lipinski definition) is 1. The minimum absolute atomic E-state index is 0.186. The van der Waals surface area contributed by atoms with Crippen LogP contribution in [0.2, 0.25) is 0 Å². The van der Waals surface area contributed by atoms with Crippen LogP contribution in [0.5, 0.6) is 0 Å². The summed E-state index contributed by atoms with van der Waals surface area (Å²) in [4.78, 5) is 12.9. The minimum Gasteiger partial charge on any atom is -0.343 e. The maximum Gasteiger partial charge on any atom is 0.219 e. The minimum atomic E-state index is 0.186. The van der Waals surface area contributed by atoms with Gasteiger partial charge in [0.15, 0.2) is 0 Å². The topological polar surface area (TPSA) is 20.3 Å². The van der Waals surface area contributed by atoms with Crippen molar-refractivity contribution in [2.75, 3.05) is 7.05 Å². The SMILES string of the molecule is CC(=O)N(C)C(C)CC1CCCC1. The average Bonchev–Trinajstić information content (AvgIpc) is 2.55. The quantitative estimate of drug-likeness (QED) is 0.658. The second-order valence-corrected chi connectivity index (χ2v) is 4.37. The molecule has 1 fully saturated rings. The van der Waals surface area contributed by atoms with E-state index < -0.39 is 0 Å². The molecule has 76 valence electrons. The first-order chi connectivity index (χ1) is 6.11. The molecule has 1 amide bonds. The number of hydrogen-bond donors (Lipinski definition) is 0. The fourth-order valence-electron chi connectivity index (χ4n) is 2.20. The number of rotatable bonds is 3. The van der Waals surface area contributed by atoms with Gasteiger partial charge in [-0.3, -0.25) is 4.79 Å². The number of carbonyl (C=O) groups excluding carboxylic acids is 1. The summed E-state index contributed by atoms with van der Waals surface area (Å²) in [5, 5.41) is 0. The van der Waals surface area contributed by atoms with E-state index in [1.807, 2.05) is 11.9 Å². The fraction of sp³-hybridized carbons (Fsp3) is 0.909. The summed E-state index contributed by atoms with van der Waals surface area (Å²) in [5.41, 5.74) is 0. The molecule has 1 aliphatic carbocycles. The van der Waals surface area contributed by atoms with Crippen LogP contribution in [0.15, 0.2) is 0 Å². The molecule has 1 saturated carbocycles. The molecular formula is C11H21NO.